The second-order valence-electron chi connectivity index (χ2n) is 0.887. The fourth-order valence-corrected chi connectivity index (χ4v) is 0.123. The SMILES string of the molecule is C=CCC(=O)O.[H-].[K+]. The van der Waals surface area contributed by atoms with Gasteiger partial charge in [-0.2, -0.15) is 0 Å². The van der Waals surface area contributed by atoms with Crippen LogP contribution in [0.3, 0.4) is 0 Å². The summed E-state index contributed by atoms with van der Waals surface area (Å²) in [7, 11) is 0. The molecule has 0 spiro atoms. The third-order valence-electron chi connectivity index (χ3n) is 0.319. The third-order valence-corrected chi connectivity index (χ3v) is 0.319. The van der Waals surface area contributed by atoms with Crippen LogP contribution in [0, 0.1) is 0 Å². The first-order chi connectivity index (χ1) is 2.77. The van der Waals surface area contributed by atoms with Gasteiger partial charge >= 0.3 is 57.4 Å². The van der Waals surface area contributed by atoms with Gasteiger partial charge in [0.25, 0.3) is 0 Å². The fraction of sp³-hybridized carbons (Fsp3) is 0.250. The van der Waals surface area contributed by atoms with Crippen LogP contribution >= 0.6 is 0 Å². The summed E-state index contributed by atoms with van der Waals surface area (Å²) in [6.45, 7) is 3.22. The summed E-state index contributed by atoms with van der Waals surface area (Å²) in [6.07, 6.45) is 1.41. The van der Waals surface area contributed by atoms with E-state index in [4.69, 9.17) is 5.11 Å². The Hall–Kier alpha value is 0.846. The van der Waals surface area contributed by atoms with Crippen molar-refractivity contribution in [2.24, 2.45) is 0 Å². The van der Waals surface area contributed by atoms with Crippen molar-refractivity contribution in [3.63, 3.8) is 0 Å². The fourth-order valence-electron chi connectivity index (χ4n) is 0.123. The number of carboxylic acid groups (broad SMARTS) is 1. The van der Waals surface area contributed by atoms with Crippen molar-refractivity contribution in [1.82, 2.24) is 0 Å². The summed E-state index contributed by atoms with van der Waals surface area (Å²) in [4.78, 5) is 9.53. The van der Waals surface area contributed by atoms with Crippen LogP contribution in [0.2, 0.25) is 0 Å². The van der Waals surface area contributed by atoms with Crippen LogP contribution in [0.15, 0.2) is 12.7 Å². The molecule has 0 fully saturated rings. The van der Waals surface area contributed by atoms with Gasteiger partial charge in [-0.15, -0.1) is 6.58 Å². The van der Waals surface area contributed by atoms with Crippen LogP contribution in [0.5, 0.6) is 0 Å². The van der Waals surface area contributed by atoms with E-state index in [-0.39, 0.29) is 59.2 Å². The van der Waals surface area contributed by atoms with Gasteiger partial charge in [0.1, 0.15) is 0 Å². The van der Waals surface area contributed by atoms with E-state index in [0.717, 1.165) is 0 Å². The number of hydrogen-bond acceptors (Lipinski definition) is 1. The Labute approximate surface area is 86.5 Å². The number of carbonyl (C=O) groups is 1. The molecule has 0 rings (SSSR count). The van der Waals surface area contributed by atoms with E-state index >= 15 is 0 Å². The number of aliphatic carboxylic acids is 1. The van der Waals surface area contributed by atoms with E-state index in [0.29, 0.717) is 0 Å². The van der Waals surface area contributed by atoms with Crippen LogP contribution in [-0.2, 0) is 4.79 Å². The second-order valence-corrected chi connectivity index (χ2v) is 0.887. The Morgan fingerprint density at radius 2 is 2.43 bits per heavy atom. The molecule has 0 saturated carbocycles. The van der Waals surface area contributed by atoms with Crippen molar-refractivity contribution in [2.45, 2.75) is 6.42 Å². The summed E-state index contributed by atoms with van der Waals surface area (Å²) in [5, 5.41) is 7.84. The van der Waals surface area contributed by atoms with E-state index in [1.165, 1.54) is 6.08 Å². The molecule has 1 N–H and O–H groups in total. The molecule has 0 aliphatic carbocycles. The maximum Gasteiger partial charge on any atom is 1.00 e. The van der Waals surface area contributed by atoms with Crippen LogP contribution in [0.4, 0.5) is 0 Å². The minimum Gasteiger partial charge on any atom is -1.00 e. The standard InChI is InChI=1S/C4H6O2.K.H/c1-2-3-4(5)6;;/h2H,1,3H2,(H,5,6);;/q;+1;-1. The van der Waals surface area contributed by atoms with E-state index in [9.17, 15) is 4.79 Å². The van der Waals surface area contributed by atoms with Crippen molar-refractivity contribution in [3.8, 4) is 0 Å². The minimum absolute atomic E-state index is 0. The van der Waals surface area contributed by atoms with Gasteiger partial charge in [0.2, 0.25) is 0 Å². The molecule has 2 nitrogen and oxygen atoms in total. The Balaban J connectivity index is -0.000000125. The molecule has 7 heavy (non-hydrogen) atoms. The summed E-state index contributed by atoms with van der Waals surface area (Å²) in [6, 6.07) is 0. The molecular weight excluding hydrogens is 119 g/mol. The van der Waals surface area contributed by atoms with Crippen molar-refractivity contribution in [3.05, 3.63) is 12.7 Å². The molecule has 0 bridgehead atoms. The first kappa shape index (κ1) is 10.8. The average molecular weight is 126 g/mol. The third kappa shape index (κ3) is 10.9. The smallest absolute Gasteiger partial charge is 1.00 e. The van der Waals surface area contributed by atoms with Gasteiger partial charge in [0.15, 0.2) is 0 Å². The van der Waals surface area contributed by atoms with Crippen LogP contribution < -0.4 is 51.4 Å². The summed E-state index contributed by atoms with van der Waals surface area (Å²) >= 11 is 0. The first-order valence-corrected chi connectivity index (χ1v) is 1.60. The molecule has 0 heterocycles. The molecule has 0 amide bonds. The van der Waals surface area contributed by atoms with E-state index in [1.807, 2.05) is 0 Å². The number of hydrogen-bond donors (Lipinski definition) is 1. The molecule has 0 atom stereocenters. The molecule has 0 aromatic carbocycles. The topological polar surface area (TPSA) is 37.3 Å². The van der Waals surface area contributed by atoms with E-state index in [2.05, 4.69) is 6.58 Å². The van der Waals surface area contributed by atoms with Crippen molar-refractivity contribution in [2.75, 3.05) is 0 Å². The zero-order valence-electron chi connectivity index (χ0n) is 5.35. The largest absolute Gasteiger partial charge is 1.00 e. The van der Waals surface area contributed by atoms with Crippen LogP contribution in [-0.4, -0.2) is 11.1 Å². The predicted octanol–water partition coefficient (Wildman–Crippen LogP) is -2.24. The molecule has 3 heteroatoms. The van der Waals surface area contributed by atoms with Crippen molar-refractivity contribution in [1.29, 1.82) is 0 Å². The number of carboxylic acids is 1. The summed E-state index contributed by atoms with van der Waals surface area (Å²) < 4.78 is 0. The van der Waals surface area contributed by atoms with Gasteiger partial charge in [-0.05, 0) is 0 Å². The number of rotatable bonds is 2. The van der Waals surface area contributed by atoms with Gasteiger partial charge in [-0.3, -0.25) is 4.79 Å². The van der Waals surface area contributed by atoms with Gasteiger partial charge in [0, 0.05) is 0 Å². The molecular formula is C4H7KO2. The Kier molecular flexibility index (Phi) is 10.5. The van der Waals surface area contributed by atoms with E-state index in [1.54, 1.807) is 0 Å². The van der Waals surface area contributed by atoms with Crippen molar-refractivity contribution < 1.29 is 62.7 Å². The Bertz CT molecular complexity index is 74.4. The Morgan fingerprint density at radius 3 is 2.43 bits per heavy atom. The predicted molar refractivity (Wildman–Crippen MR) is 23.6 cm³/mol. The van der Waals surface area contributed by atoms with Crippen LogP contribution in [0.25, 0.3) is 0 Å². The first-order valence-electron chi connectivity index (χ1n) is 1.60. The van der Waals surface area contributed by atoms with Gasteiger partial charge < -0.3 is 6.53 Å². The molecule has 0 radical (unpaired) electrons. The minimum atomic E-state index is -0.829. The average Bonchev–Trinajstić information content (AvgIpc) is 1.35. The van der Waals surface area contributed by atoms with Crippen molar-refractivity contribution >= 4 is 5.97 Å². The molecule has 0 aromatic rings. The normalized spacial score (nSPS) is 6.29. The quantitative estimate of drug-likeness (QED) is 0.336. The van der Waals surface area contributed by atoms with E-state index < -0.39 is 5.97 Å². The summed E-state index contributed by atoms with van der Waals surface area (Å²) in [5.41, 5.74) is 0. The van der Waals surface area contributed by atoms with Gasteiger partial charge in [0.05, 0.1) is 6.42 Å². The molecule has 0 unspecified atom stereocenters. The molecule has 0 aliphatic rings. The molecule has 36 valence electrons. The molecule has 0 saturated heterocycles. The van der Waals surface area contributed by atoms with Gasteiger partial charge in [-0.1, -0.05) is 6.08 Å². The second kappa shape index (κ2) is 6.85. The van der Waals surface area contributed by atoms with Gasteiger partial charge in [-0.25, -0.2) is 0 Å². The Morgan fingerprint density at radius 1 is 2.00 bits per heavy atom. The zero-order valence-corrected chi connectivity index (χ0v) is 7.47. The zero-order chi connectivity index (χ0) is 4.99. The monoisotopic (exact) mass is 126 g/mol. The summed E-state index contributed by atoms with van der Waals surface area (Å²) in [5.74, 6) is -0.829. The van der Waals surface area contributed by atoms with Crippen LogP contribution in [0.1, 0.15) is 7.85 Å². The maximum absolute atomic E-state index is 9.53. The maximum atomic E-state index is 9.53. The molecule has 0 aromatic heterocycles. The molecule has 0 aliphatic heterocycles.